The lowest BCUT2D eigenvalue weighted by atomic mass is 10.0. The summed E-state index contributed by atoms with van der Waals surface area (Å²) < 4.78 is 49.6. The third-order valence-electron chi connectivity index (χ3n) is 4.96. The van der Waals surface area contributed by atoms with Crippen molar-refractivity contribution in [2.45, 2.75) is 0 Å². The van der Waals surface area contributed by atoms with E-state index in [0.29, 0.717) is 27.8 Å². The number of nitrogens with two attached hydrogens (primary N) is 1. The fraction of sp³-hybridized carbons (Fsp3) is 0.0909. The molecule has 3 aromatic carbocycles. The molecule has 0 aliphatic heterocycles. The van der Waals surface area contributed by atoms with Crippen LogP contribution in [0.4, 0.5) is 21.6 Å². The average molecular weight is 485 g/mol. The van der Waals surface area contributed by atoms with Gasteiger partial charge in [0, 0.05) is 6.07 Å². The number of halogens is 1. The number of hydrogen-bond acceptors (Lipinski definition) is 7. The molecule has 0 radical (unpaired) electrons. The van der Waals surface area contributed by atoms with Crippen LogP contribution in [-0.2, 0) is 16.1 Å². The summed E-state index contributed by atoms with van der Waals surface area (Å²) in [6.45, 7) is -0.571. The fourth-order valence-corrected chi connectivity index (χ4v) is 4.03. The van der Waals surface area contributed by atoms with Crippen LogP contribution in [0.1, 0.15) is 0 Å². The molecule has 1 aromatic heterocycles. The van der Waals surface area contributed by atoms with Gasteiger partial charge in [0.1, 0.15) is 17.3 Å². The molecule has 10 nitrogen and oxygen atoms in total. The van der Waals surface area contributed by atoms with Gasteiger partial charge in [0.05, 0.1) is 40.7 Å². The van der Waals surface area contributed by atoms with Gasteiger partial charge in [-0.3, -0.25) is 13.6 Å². The van der Waals surface area contributed by atoms with Crippen molar-refractivity contribution < 1.29 is 32.5 Å². The topological polar surface area (TPSA) is 154 Å². The number of ether oxygens (including phenoxy) is 2. The molecule has 0 spiro atoms. The minimum atomic E-state index is -2.82. The molecule has 4 aromatic rings. The van der Waals surface area contributed by atoms with Crippen LogP contribution in [0.25, 0.3) is 22.0 Å². The average Bonchev–Trinajstić information content (AvgIpc) is 3.20. The summed E-state index contributed by atoms with van der Waals surface area (Å²) in [4.78, 5) is 11.0. The molecule has 0 bridgehead atoms. The van der Waals surface area contributed by atoms with E-state index in [-0.39, 0.29) is 22.9 Å². The first-order valence-electron chi connectivity index (χ1n) is 9.74. The highest BCUT2D eigenvalue weighted by Gasteiger charge is 2.18. The lowest BCUT2D eigenvalue weighted by molar-refractivity contribution is -0.139. The van der Waals surface area contributed by atoms with Crippen LogP contribution in [0, 0.1) is 5.82 Å². The molecule has 4 N–H and O–H groups in total. The quantitative estimate of drug-likeness (QED) is 0.321. The first kappa shape index (κ1) is 23.0. The Morgan fingerprint density at radius 3 is 2.59 bits per heavy atom. The molecule has 1 heterocycles. The predicted molar refractivity (Wildman–Crippen MR) is 123 cm³/mol. The van der Waals surface area contributed by atoms with Crippen molar-refractivity contribution in [3.05, 3.63) is 60.4 Å². The third-order valence-corrected chi connectivity index (χ3v) is 5.67. The van der Waals surface area contributed by atoms with E-state index in [1.54, 1.807) is 24.3 Å². The number of fused-ring (bicyclic) bond motifs is 1. The molecule has 0 amide bonds. The van der Waals surface area contributed by atoms with Crippen molar-refractivity contribution in [2.75, 3.05) is 23.8 Å². The van der Waals surface area contributed by atoms with Gasteiger partial charge in [-0.1, -0.05) is 12.1 Å². The lowest BCUT2D eigenvalue weighted by Crippen LogP contribution is -2.20. The zero-order chi connectivity index (χ0) is 24.4. The van der Waals surface area contributed by atoms with Gasteiger partial charge in [0.2, 0.25) is 0 Å². The number of aliphatic carboxylic acids is 1. The number of methoxy groups -OCH3 is 1. The molecule has 0 saturated heterocycles. The van der Waals surface area contributed by atoms with Gasteiger partial charge in [-0.05, 0) is 47.5 Å². The van der Waals surface area contributed by atoms with Crippen molar-refractivity contribution in [1.29, 1.82) is 0 Å². The fourth-order valence-electron chi connectivity index (χ4n) is 3.43. The van der Waals surface area contributed by atoms with Gasteiger partial charge in [-0.2, -0.15) is 5.10 Å². The summed E-state index contributed by atoms with van der Waals surface area (Å²) in [7, 11) is 1.39. The minimum Gasteiger partial charge on any atom is -0.755 e. The second-order valence-electron chi connectivity index (χ2n) is 7.06. The highest BCUT2D eigenvalue weighted by Crippen LogP contribution is 2.37. The summed E-state index contributed by atoms with van der Waals surface area (Å²) in [6, 6.07) is 13.4. The largest absolute Gasteiger partial charge is 0.755 e. The summed E-state index contributed by atoms with van der Waals surface area (Å²) >= 11 is -2.82. The number of nitrogen functional groups attached to an aromatic ring is 1. The highest BCUT2D eigenvalue weighted by molar-refractivity contribution is 7.81. The number of carboxylic acids is 1. The van der Waals surface area contributed by atoms with Crippen LogP contribution in [-0.4, -0.2) is 43.8 Å². The van der Waals surface area contributed by atoms with E-state index in [0.717, 1.165) is 10.4 Å². The van der Waals surface area contributed by atoms with E-state index < -0.39 is 29.7 Å². The number of nitrogens with one attached hydrogen (secondary N) is 1. The zero-order valence-corrected chi connectivity index (χ0v) is 18.5. The number of H-pyrrole nitrogens is 1. The Morgan fingerprint density at radius 2 is 1.94 bits per heavy atom. The molecule has 0 aliphatic carbocycles. The first-order chi connectivity index (χ1) is 16.3. The first-order valence-corrected chi connectivity index (χ1v) is 10.8. The molecule has 1 atom stereocenters. The summed E-state index contributed by atoms with van der Waals surface area (Å²) in [5, 5.41) is 16.1. The number of carbonyl (C=O) groups is 1. The Hall–Kier alpha value is -4.16. The Balaban J connectivity index is 1.73. The number of hydrogen-bond donors (Lipinski definition) is 3. The van der Waals surface area contributed by atoms with Crippen molar-refractivity contribution in [3.8, 4) is 22.6 Å². The van der Waals surface area contributed by atoms with Crippen LogP contribution in [0.2, 0.25) is 0 Å². The van der Waals surface area contributed by atoms with Crippen molar-refractivity contribution in [1.82, 2.24) is 10.2 Å². The minimum absolute atomic E-state index is 0.158. The number of aromatic nitrogens is 2. The number of aromatic amines is 1. The van der Waals surface area contributed by atoms with Crippen LogP contribution in [0.15, 0.2) is 54.6 Å². The second-order valence-corrected chi connectivity index (χ2v) is 7.86. The van der Waals surface area contributed by atoms with Crippen LogP contribution in [0.5, 0.6) is 11.5 Å². The maximum Gasteiger partial charge on any atom is 0.341 e. The van der Waals surface area contributed by atoms with Gasteiger partial charge >= 0.3 is 5.97 Å². The molecule has 4 rings (SSSR count). The van der Waals surface area contributed by atoms with E-state index in [1.165, 1.54) is 31.4 Å². The van der Waals surface area contributed by atoms with Gasteiger partial charge in [0.15, 0.2) is 12.4 Å². The molecule has 1 unspecified atom stereocenters. The molecule has 176 valence electrons. The van der Waals surface area contributed by atoms with Crippen LogP contribution >= 0.6 is 0 Å². The normalized spacial score (nSPS) is 11.9. The number of anilines is 3. The summed E-state index contributed by atoms with van der Waals surface area (Å²) in [5.74, 6) is -1.21. The summed E-state index contributed by atoms with van der Waals surface area (Å²) in [6.07, 6.45) is 0. The monoisotopic (exact) mass is 485 g/mol. The Morgan fingerprint density at radius 1 is 1.21 bits per heavy atom. The van der Waals surface area contributed by atoms with Crippen LogP contribution < -0.4 is 19.5 Å². The van der Waals surface area contributed by atoms with Gasteiger partial charge in [0.25, 0.3) is 0 Å². The molecule has 12 heteroatoms. The number of rotatable bonds is 8. The summed E-state index contributed by atoms with van der Waals surface area (Å²) in [5.41, 5.74) is 7.68. The molecule has 34 heavy (non-hydrogen) atoms. The van der Waals surface area contributed by atoms with E-state index >= 15 is 0 Å². The van der Waals surface area contributed by atoms with E-state index in [9.17, 15) is 17.9 Å². The molecule has 0 aliphatic rings. The molecule has 0 fully saturated rings. The maximum absolute atomic E-state index is 14.4. The van der Waals surface area contributed by atoms with Gasteiger partial charge in [-0.15, -0.1) is 0 Å². The predicted octanol–water partition coefficient (Wildman–Crippen LogP) is 3.36. The van der Waals surface area contributed by atoms with Crippen LogP contribution in [0.3, 0.4) is 0 Å². The number of benzene rings is 3. The third kappa shape index (κ3) is 4.49. The number of nitrogens with zero attached hydrogens (tertiary/aromatic N) is 2. The maximum atomic E-state index is 14.4. The second kappa shape index (κ2) is 9.37. The Bertz CT molecular complexity index is 1390. The standard InChI is InChI=1S/C22H19FN4O6S/c1-32-15-6-7-16(23)18(10-15)27(34(30)31)14-4-2-12(3-5-14)13-8-17-21(22(24)26-25-17)19(9-13)33-11-20(28)29/h2-10H,11H2,1H3,(H,28,29)(H,30,31)(H3,24,25,26)/p-1. The number of carboxylic acid groups (broad SMARTS) is 1. The zero-order valence-electron chi connectivity index (χ0n) is 17.6. The highest BCUT2D eigenvalue weighted by atomic mass is 32.2. The molecular formula is C22H18FN4O6S-. The smallest absolute Gasteiger partial charge is 0.341 e. The van der Waals surface area contributed by atoms with Gasteiger partial charge < -0.3 is 24.9 Å². The van der Waals surface area contributed by atoms with Crippen molar-refractivity contribution in [3.63, 3.8) is 0 Å². The lowest BCUT2D eigenvalue weighted by Gasteiger charge is -2.27. The molecular weight excluding hydrogens is 467 g/mol. The molecule has 0 saturated carbocycles. The van der Waals surface area contributed by atoms with E-state index in [1.807, 2.05) is 0 Å². The van der Waals surface area contributed by atoms with E-state index in [2.05, 4.69) is 10.2 Å². The van der Waals surface area contributed by atoms with E-state index in [4.69, 9.17) is 20.3 Å². The van der Waals surface area contributed by atoms with Crippen molar-refractivity contribution >= 4 is 45.3 Å². The Labute approximate surface area is 195 Å². The van der Waals surface area contributed by atoms with Crippen molar-refractivity contribution in [2.24, 2.45) is 0 Å². The van der Waals surface area contributed by atoms with Gasteiger partial charge in [-0.25, -0.2) is 9.18 Å². The SMILES string of the molecule is COc1ccc(F)c(N(c2ccc(-c3cc(OCC(=O)O)c4c(N)n[nH]c4c3)cc2)S(=O)[O-])c1. The Kier molecular flexibility index (Phi) is 6.34.